The lowest BCUT2D eigenvalue weighted by atomic mass is 10.2. The standard InChI is InChI=1S/C10H17NO3/c1-9(3-4-10(12)13-2)11-5-7-14-8-6-11/h1,3-8H2,2H3. The summed E-state index contributed by atoms with van der Waals surface area (Å²) in [6.45, 7) is 7.19. The lowest BCUT2D eigenvalue weighted by Gasteiger charge is -2.30. The second-order valence-electron chi connectivity index (χ2n) is 3.24. The van der Waals surface area contributed by atoms with Crippen LogP contribution >= 0.6 is 0 Å². The average Bonchev–Trinajstić information content (AvgIpc) is 2.26. The van der Waals surface area contributed by atoms with Crippen molar-refractivity contribution in [3.05, 3.63) is 12.3 Å². The van der Waals surface area contributed by atoms with Gasteiger partial charge in [-0.2, -0.15) is 0 Å². The van der Waals surface area contributed by atoms with Crippen molar-refractivity contribution in [3.63, 3.8) is 0 Å². The molecule has 0 aromatic heterocycles. The molecule has 80 valence electrons. The molecule has 0 radical (unpaired) electrons. The predicted octanol–water partition coefficient (Wildman–Crippen LogP) is 0.786. The van der Waals surface area contributed by atoms with E-state index in [2.05, 4.69) is 16.2 Å². The van der Waals surface area contributed by atoms with Crippen molar-refractivity contribution in [2.45, 2.75) is 12.8 Å². The van der Waals surface area contributed by atoms with Gasteiger partial charge in [-0.15, -0.1) is 0 Å². The summed E-state index contributed by atoms with van der Waals surface area (Å²) in [5, 5.41) is 0. The fraction of sp³-hybridized carbons (Fsp3) is 0.700. The first kappa shape index (κ1) is 11.0. The molecule has 0 saturated carbocycles. The van der Waals surface area contributed by atoms with E-state index >= 15 is 0 Å². The molecule has 4 nitrogen and oxygen atoms in total. The van der Waals surface area contributed by atoms with Gasteiger partial charge in [-0.3, -0.25) is 4.79 Å². The molecule has 0 unspecified atom stereocenters. The number of carbonyl (C=O) groups excluding carboxylic acids is 1. The molecule has 1 fully saturated rings. The van der Waals surface area contributed by atoms with Crippen LogP contribution in [0.25, 0.3) is 0 Å². The van der Waals surface area contributed by atoms with Gasteiger partial charge < -0.3 is 14.4 Å². The van der Waals surface area contributed by atoms with Crippen LogP contribution in [0.2, 0.25) is 0 Å². The van der Waals surface area contributed by atoms with Crippen LogP contribution in [0, 0.1) is 0 Å². The Morgan fingerprint density at radius 1 is 1.43 bits per heavy atom. The van der Waals surface area contributed by atoms with Crippen LogP contribution in [0.5, 0.6) is 0 Å². The van der Waals surface area contributed by atoms with E-state index < -0.39 is 0 Å². The fourth-order valence-corrected chi connectivity index (χ4v) is 1.39. The highest BCUT2D eigenvalue weighted by Gasteiger charge is 2.12. The van der Waals surface area contributed by atoms with Crippen molar-refractivity contribution >= 4 is 5.97 Å². The number of ether oxygens (including phenoxy) is 2. The van der Waals surface area contributed by atoms with Crippen LogP contribution in [0.3, 0.4) is 0 Å². The summed E-state index contributed by atoms with van der Waals surface area (Å²) < 4.78 is 9.79. The van der Waals surface area contributed by atoms with Gasteiger partial charge in [-0.1, -0.05) is 6.58 Å². The number of carbonyl (C=O) groups is 1. The monoisotopic (exact) mass is 199 g/mol. The normalized spacial score (nSPS) is 16.5. The molecule has 0 aromatic carbocycles. The van der Waals surface area contributed by atoms with Gasteiger partial charge in [0.25, 0.3) is 0 Å². The molecule has 4 heteroatoms. The Labute approximate surface area is 84.5 Å². The third-order valence-electron chi connectivity index (χ3n) is 2.30. The number of esters is 1. The van der Waals surface area contributed by atoms with Gasteiger partial charge >= 0.3 is 5.97 Å². The summed E-state index contributed by atoms with van der Waals surface area (Å²) in [7, 11) is 1.40. The molecular weight excluding hydrogens is 182 g/mol. The zero-order valence-corrected chi connectivity index (χ0v) is 8.62. The van der Waals surface area contributed by atoms with Crippen molar-refractivity contribution < 1.29 is 14.3 Å². The second-order valence-corrected chi connectivity index (χ2v) is 3.24. The molecule has 1 rings (SSSR count). The molecule has 1 aliphatic heterocycles. The highest BCUT2D eigenvalue weighted by atomic mass is 16.5. The van der Waals surface area contributed by atoms with E-state index in [0.29, 0.717) is 12.8 Å². The number of nitrogens with zero attached hydrogens (tertiary/aromatic N) is 1. The molecule has 1 aliphatic rings. The Morgan fingerprint density at radius 3 is 2.64 bits per heavy atom. The van der Waals surface area contributed by atoms with Gasteiger partial charge in [0.05, 0.1) is 26.7 Å². The van der Waals surface area contributed by atoms with Crippen molar-refractivity contribution in [2.75, 3.05) is 33.4 Å². The first-order chi connectivity index (χ1) is 6.74. The van der Waals surface area contributed by atoms with E-state index in [0.717, 1.165) is 32.0 Å². The van der Waals surface area contributed by atoms with E-state index in [1.165, 1.54) is 7.11 Å². The summed E-state index contributed by atoms with van der Waals surface area (Å²) >= 11 is 0. The Balaban J connectivity index is 2.23. The first-order valence-electron chi connectivity index (χ1n) is 4.81. The SMILES string of the molecule is C=C(CCC(=O)OC)N1CCOCC1. The number of methoxy groups -OCH3 is 1. The van der Waals surface area contributed by atoms with Crippen molar-refractivity contribution in [1.82, 2.24) is 4.90 Å². The second kappa shape index (κ2) is 5.65. The molecule has 0 aliphatic carbocycles. The number of hydrogen-bond donors (Lipinski definition) is 0. The van der Waals surface area contributed by atoms with Crippen LogP contribution in [0.4, 0.5) is 0 Å². The largest absolute Gasteiger partial charge is 0.469 e. The highest BCUT2D eigenvalue weighted by molar-refractivity contribution is 5.69. The van der Waals surface area contributed by atoms with Crippen LogP contribution < -0.4 is 0 Å². The number of rotatable bonds is 4. The topological polar surface area (TPSA) is 38.8 Å². The van der Waals surface area contributed by atoms with Crippen molar-refractivity contribution in [1.29, 1.82) is 0 Å². The summed E-state index contributed by atoms with van der Waals surface area (Å²) in [6, 6.07) is 0. The van der Waals surface area contributed by atoms with Gasteiger partial charge in [0.2, 0.25) is 0 Å². The van der Waals surface area contributed by atoms with E-state index in [4.69, 9.17) is 4.74 Å². The quantitative estimate of drug-likeness (QED) is 0.627. The maximum atomic E-state index is 10.9. The zero-order valence-electron chi connectivity index (χ0n) is 8.62. The smallest absolute Gasteiger partial charge is 0.305 e. The zero-order chi connectivity index (χ0) is 10.4. The fourth-order valence-electron chi connectivity index (χ4n) is 1.39. The molecule has 0 aromatic rings. The first-order valence-corrected chi connectivity index (χ1v) is 4.81. The Morgan fingerprint density at radius 2 is 2.07 bits per heavy atom. The van der Waals surface area contributed by atoms with Gasteiger partial charge in [0.15, 0.2) is 0 Å². The van der Waals surface area contributed by atoms with Crippen LogP contribution in [0.15, 0.2) is 12.3 Å². The minimum absolute atomic E-state index is 0.181. The van der Waals surface area contributed by atoms with Crippen molar-refractivity contribution in [2.24, 2.45) is 0 Å². The molecule has 1 saturated heterocycles. The van der Waals surface area contributed by atoms with Gasteiger partial charge in [-0.05, 0) is 6.42 Å². The van der Waals surface area contributed by atoms with Crippen LogP contribution in [-0.2, 0) is 14.3 Å². The maximum Gasteiger partial charge on any atom is 0.305 e. The highest BCUT2D eigenvalue weighted by Crippen LogP contribution is 2.11. The molecule has 1 heterocycles. The number of hydrogen-bond acceptors (Lipinski definition) is 4. The molecule has 0 atom stereocenters. The minimum Gasteiger partial charge on any atom is -0.469 e. The third kappa shape index (κ3) is 3.38. The van der Waals surface area contributed by atoms with E-state index in [-0.39, 0.29) is 5.97 Å². The predicted molar refractivity (Wildman–Crippen MR) is 52.8 cm³/mol. The molecule has 0 spiro atoms. The molecule has 0 N–H and O–H groups in total. The maximum absolute atomic E-state index is 10.9. The van der Waals surface area contributed by atoms with E-state index in [1.807, 2.05) is 0 Å². The average molecular weight is 199 g/mol. The third-order valence-corrected chi connectivity index (χ3v) is 2.30. The van der Waals surface area contributed by atoms with Gasteiger partial charge in [0.1, 0.15) is 0 Å². The van der Waals surface area contributed by atoms with Crippen LogP contribution in [-0.4, -0.2) is 44.3 Å². The summed E-state index contributed by atoms with van der Waals surface area (Å²) in [5.74, 6) is -0.181. The molecular formula is C10H17NO3. The molecule has 0 amide bonds. The van der Waals surface area contributed by atoms with Crippen molar-refractivity contribution in [3.8, 4) is 0 Å². The van der Waals surface area contributed by atoms with Crippen LogP contribution in [0.1, 0.15) is 12.8 Å². The lowest BCUT2D eigenvalue weighted by Crippen LogP contribution is -2.35. The Hall–Kier alpha value is -1.03. The number of morpholine rings is 1. The van der Waals surface area contributed by atoms with Gasteiger partial charge in [0, 0.05) is 18.8 Å². The summed E-state index contributed by atoms with van der Waals surface area (Å²) in [5.41, 5.74) is 0.999. The van der Waals surface area contributed by atoms with E-state index in [1.54, 1.807) is 0 Å². The molecule has 0 bridgehead atoms. The lowest BCUT2D eigenvalue weighted by molar-refractivity contribution is -0.140. The summed E-state index contributed by atoms with van der Waals surface area (Å²) in [4.78, 5) is 13.1. The summed E-state index contributed by atoms with van der Waals surface area (Å²) in [6.07, 6.45) is 1.08. The van der Waals surface area contributed by atoms with E-state index in [9.17, 15) is 4.79 Å². The molecule has 14 heavy (non-hydrogen) atoms. The minimum atomic E-state index is -0.181. The van der Waals surface area contributed by atoms with Gasteiger partial charge in [-0.25, -0.2) is 0 Å². The Kier molecular flexibility index (Phi) is 4.46. The number of allylic oxidation sites excluding steroid dienone is 1. The Bertz CT molecular complexity index is 209.